The summed E-state index contributed by atoms with van der Waals surface area (Å²) in [7, 11) is -4.00. The fourth-order valence-corrected chi connectivity index (χ4v) is 3.75. The van der Waals surface area contributed by atoms with Gasteiger partial charge in [-0.25, -0.2) is 22.7 Å². The summed E-state index contributed by atoms with van der Waals surface area (Å²) in [5.74, 6) is -0.760. The van der Waals surface area contributed by atoms with E-state index in [1.165, 1.54) is 18.3 Å². The maximum absolute atomic E-state index is 12.9. The molecule has 24 heavy (non-hydrogen) atoms. The van der Waals surface area contributed by atoms with Gasteiger partial charge in [-0.1, -0.05) is 12.1 Å². The highest BCUT2D eigenvalue weighted by Crippen LogP contribution is 2.23. The Kier molecular flexibility index (Phi) is 3.94. The van der Waals surface area contributed by atoms with Crippen LogP contribution in [0.5, 0.6) is 0 Å². The first-order valence-electron chi connectivity index (χ1n) is 7.06. The third-order valence-corrected chi connectivity index (χ3v) is 5.13. The molecule has 1 aromatic carbocycles. The van der Waals surface area contributed by atoms with Gasteiger partial charge in [0.25, 0.3) is 10.0 Å². The number of amides is 1. The summed E-state index contributed by atoms with van der Waals surface area (Å²) in [6.07, 6.45) is 2.93. The molecule has 124 valence electrons. The Balaban J connectivity index is 2.13. The maximum atomic E-state index is 12.9. The smallest absolute Gasteiger partial charge is 0.266 e. The predicted molar refractivity (Wildman–Crippen MR) is 88.8 cm³/mol. The van der Waals surface area contributed by atoms with E-state index >= 15 is 0 Å². The van der Waals surface area contributed by atoms with Crippen LogP contribution >= 0.6 is 0 Å². The first-order valence-corrected chi connectivity index (χ1v) is 8.50. The van der Waals surface area contributed by atoms with Crippen molar-refractivity contribution in [3.05, 3.63) is 48.3 Å². The van der Waals surface area contributed by atoms with Crippen molar-refractivity contribution in [2.45, 2.75) is 11.8 Å². The topological polar surface area (TPSA) is 122 Å². The van der Waals surface area contributed by atoms with Crippen LogP contribution in [0.25, 0.3) is 11.2 Å². The number of nitrogens with two attached hydrogens (primary N) is 1. The van der Waals surface area contributed by atoms with Crippen molar-refractivity contribution in [3.8, 4) is 0 Å². The van der Waals surface area contributed by atoms with Crippen LogP contribution in [0.1, 0.15) is 5.56 Å². The number of primary amides is 1. The zero-order chi connectivity index (χ0) is 17.3. The van der Waals surface area contributed by atoms with Crippen LogP contribution in [-0.2, 0) is 14.8 Å². The molecule has 3 N–H and O–H groups in total. The van der Waals surface area contributed by atoms with Crippen molar-refractivity contribution in [1.82, 2.24) is 15.0 Å². The minimum Gasteiger partial charge on any atom is -0.368 e. The SMILES string of the molecule is Cc1cccc(S(=O)(=O)N(CC(N)=O)c2cnc3[nH]ccc3n2)c1. The van der Waals surface area contributed by atoms with Crippen molar-refractivity contribution in [2.75, 3.05) is 10.8 Å². The standard InChI is InChI=1S/C15H15N5O3S/c1-10-3-2-4-11(7-10)24(22,23)20(9-13(16)21)14-8-18-15-12(19-14)5-6-17-15/h2-8H,9H2,1H3,(H2,16,21)(H,17,18). The Labute approximate surface area is 138 Å². The van der Waals surface area contributed by atoms with Crippen LogP contribution in [0.4, 0.5) is 5.82 Å². The van der Waals surface area contributed by atoms with Crippen LogP contribution < -0.4 is 10.0 Å². The lowest BCUT2D eigenvalue weighted by Crippen LogP contribution is -2.39. The van der Waals surface area contributed by atoms with Gasteiger partial charge in [0, 0.05) is 6.20 Å². The zero-order valence-electron chi connectivity index (χ0n) is 12.8. The van der Waals surface area contributed by atoms with E-state index in [4.69, 9.17) is 5.73 Å². The highest BCUT2D eigenvalue weighted by atomic mass is 32.2. The van der Waals surface area contributed by atoms with Crippen molar-refractivity contribution < 1.29 is 13.2 Å². The van der Waals surface area contributed by atoms with Gasteiger partial charge in [-0.2, -0.15) is 0 Å². The second kappa shape index (κ2) is 5.93. The number of fused-ring (bicyclic) bond motifs is 1. The fourth-order valence-electron chi connectivity index (χ4n) is 2.27. The number of hydrogen-bond donors (Lipinski definition) is 2. The molecule has 0 bridgehead atoms. The summed E-state index contributed by atoms with van der Waals surface area (Å²) < 4.78 is 26.7. The maximum Gasteiger partial charge on any atom is 0.266 e. The predicted octanol–water partition coefficient (Wildman–Crippen LogP) is 0.947. The number of carbonyl (C=O) groups excluding carboxylic acids is 1. The number of H-pyrrole nitrogens is 1. The number of aromatic amines is 1. The second-order valence-corrected chi connectivity index (χ2v) is 7.10. The van der Waals surface area contributed by atoms with E-state index in [0.29, 0.717) is 11.2 Å². The molecule has 1 amide bonds. The molecule has 2 heterocycles. The first-order chi connectivity index (χ1) is 11.4. The molecule has 0 fully saturated rings. The lowest BCUT2D eigenvalue weighted by atomic mass is 10.2. The summed E-state index contributed by atoms with van der Waals surface area (Å²) in [6.45, 7) is 1.25. The van der Waals surface area contributed by atoms with E-state index in [0.717, 1.165) is 9.87 Å². The van der Waals surface area contributed by atoms with Crippen molar-refractivity contribution in [2.24, 2.45) is 5.73 Å². The summed E-state index contributed by atoms with van der Waals surface area (Å²) in [4.78, 5) is 22.7. The molecule has 0 radical (unpaired) electrons. The van der Waals surface area contributed by atoms with Gasteiger partial charge in [0.2, 0.25) is 5.91 Å². The monoisotopic (exact) mass is 345 g/mol. The van der Waals surface area contributed by atoms with Gasteiger partial charge in [-0.3, -0.25) is 4.79 Å². The van der Waals surface area contributed by atoms with Crippen molar-refractivity contribution >= 4 is 32.9 Å². The third-order valence-electron chi connectivity index (χ3n) is 3.38. The molecule has 0 saturated carbocycles. The van der Waals surface area contributed by atoms with Gasteiger partial charge < -0.3 is 10.7 Å². The second-order valence-electron chi connectivity index (χ2n) is 5.23. The summed E-state index contributed by atoms with van der Waals surface area (Å²) in [5, 5.41) is 0. The van der Waals surface area contributed by atoms with Crippen LogP contribution in [0, 0.1) is 6.92 Å². The molecule has 9 heteroatoms. The average molecular weight is 345 g/mol. The molecular formula is C15H15N5O3S. The molecule has 0 unspecified atom stereocenters. The van der Waals surface area contributed by atoms with Gasteiger partial charge >= 0.3 is 0 Å². The fraction of sp³-hybridized carbons (Fsp3) is 0.133. The number of nitrogens with zero attached hydrogens (tertiary/aromatic N) is 3. The largest absolute Gasteiger partial charge is 0.368 e. The highest BCUT2D eigenvalue weighted by Gasteiger charge is 2.28. The molecule has 0 saturated heterocycles. The number of anilines is 1. The van der Waals surface area contributed by atoms with Crippen LogP contribution in [-0.4, -0.2) is 35.8 Å². The van der Waals surface area contributed by atoms with E-state index in [9.17, 15) is 13.2 Å². The van der Waals surface area contributed by atoms with Crippen LogP contribution in [0.15, 0.2) is 47.6 Å². The van der Waals surface area contributed by atoms with Crippen LogP contribution in [0.3, 0.4) is 0 Å². The highest BCUT2D eigenvalue weighted by molar-refractivity contribution is 7.92. The molecule has 2 aromatic heterocycles. The van der Waals surface area contributed by atoms with Crippen molar-refractivity contribution in [1.29, 1.82) is 0 Å². The van der Waals surface area contributed by atoms with Crippen LogP contribution in [0.2, 0.25) is 0 Å². The van der Waals surface area contributed by atoms with E-state index in [1.807, 2.05) is 0 Å². The van der Waals surface area contributed by atoms with Gasteiger partial charge in [0.1, 0.15) is 12.1 Å². The quantitative estimate of drug-likeness (QED) is 0.713. The molecule has 3 aromatic rings. The molecule has 0 aliphatic carbocycles. The minimum atomic E-state index is -4.00. The molecule has 0 spiro atoms. The molecule has 8 nitrogen and oxygen atoms in total. The normalized spacial score (nSPS) is 11.5. The van der Waals surface area contributed by atoms with Gasteiger partial charge in [0.05, 0.1) is 11.1 Å². The van der Waals surface area contributed by atoms with E-state index < -0.39 is 22.5 Å². The number of aromatic nitrogens is 3. The minimum absolute atomic E-state index is 0.0300. The molecule has 3 rings (SSSR count). The van der Waals surface area contributed by atoms with Crippen molar-refractivity contribution in [3.63, 3.8) is 0 Å². The zero-order valence-corrected chi connectivity index (χ0v) is 13.6. The lowest BCUT2D eigenvalue weighted by Gasteiger charge is -2.22. The first kappa shape index (κ1) is 15.9. The Hall–Kier alpha value is -2.94. The van der Waals surface area contributed by atoms with Gasteiger partial charge in [-0.15, -0.1) is 0 Å². The Bertz CT molecular complexity index is 1010. The molecule has 0 aliphatic heterocycles. The Morgan fingerprint density at radius 3 is 2.83 bits per heavy atom. The lowest BCUT2D eigenvalue weighted by molar-refractivity contribution is -0.116. The number of nitrogens with one attached hydrogen (secondary N) is 1. The Morgan fingerprint density at radius 1 is 1.33 bits per heavy atom. The van der Waals surface area contributed by atoms with E-state index in [1.54, 1.807) is 31.3 Å². The third kappa shape index (κ3) is 2.93. The number of hydrogen-bond acceptors (Lipinski definition) is 5. The Morgan fingerprint density at radius 2 is 2.12 bits per heavy atom. The summed E-state index contributed by atoms with van der Waals surface area (Å²) in [5.41, 5.74) is 7.02. The number of sulfonamides is 1. The number of rotatable bonds is 5. The number of benzene rings is 1. The number of aryl methyl sites for hydroxylation is 1. The molecular weight excluding hydrogens is 330 g/mol. The van der Waals surface area contributed by atoms with E-state index in [2.05, 4.69) is 15.0 Å². The number of carbonyl (C=O) groups is 1. The molecule has 0 atom stereocenters. The van der Waals surface area contributed by atoms with Gasteiger partial charge in [-0.05, 0) is 30.7 Å². The average Bonchev–Trinajstić information content (AvgIpc) is 2.99. The summed E-state index contributed by atoms with van der Waals surface area (Å²) in [6, 6.07) is 8.05. The van der Waals surface area contributed by atoms with E-state index in [-0.39, 0.29) is 10.7 Å². The summed E-state index contributed by atoms with van der Waals surface area (Å²) >= 11 is 0. The van der Waals surface area contributed by atoms with Gasteiger partial charge in [0.15, 0.2) is 11.5 Å². The molecule has 0 aliphatic rings.